The molecule has 0 aliphatic heterocycles. The van der Waals surface area contributed by atoms with E-state index in [2.05, 4.69) is 17.0 Å². The molecule has 4 nitrogen and oxygen atoms in total. The molecule has 0 aromatic rings. The molecule has 0 bridgehead atoms. The van der Waals surface area contributed by atoms with Crippen LogP contribution in [0.1, 0.15) is 45.4 Å². The van der Waals surface area contributed by atoms with Crippen molar-refractivity contribution in [3.8, 4) is 0 Å². The Balaban J connectivity index is 1.62. The van der Waals surface area contributed by atoms with Crippen LogP contribution in [0.15, 0.2) is 0 Å². The molecule has 0 heterocycles. The van der Waals surface area contributed by atoms with E-state index in [1.54, 1.807) is 0 Å². The molecule has 2 aliphatic rings. The maximum Gasteiger partial charge on any atom is 0.211 e. The van der Waals surface area contributed by atoms with Crippen LogP contribution >= 0.6 is 0 Å². The van der Waals surface area contributed by atoms with Crippen LogP contribution < -0.4 is 10.0 Å². The molecule has 0 unspecified atom stereocenters. The van der Waals surface area contributed by atoms with Crippen LogP contribution in [0.5, 0.6) is 0 Å². The summed E-state index contributed by atoms with van der Waals surface area (Å²) in [6.45, 7) is 4.56. The highest BCUT2D eigenvalue weighted by Crippen LogP contribution is 2.48. The molecule has 2 saturated carbocycles. The summed E-state index contributed by atoms with van der Waals surface area (Å²) in [5.41, 5.74) is 0. The summed E-state index contributed by atoms with van der Waals surface area (Å²) < 4.78 is 26.7. The Morgan fingerprint density at radius 2 is 1.74 bits per heavy atom. The number of hydrogen-bond acceptors (Lipinski definition) is 3. The molecule has 0 saturated heterocycles. The zero-order valence-corrected chi connectivity index (χ0v) is 12.8. The van der Waals surface area contributed by atoms with Crippen LogP contribution in [0.2, 0.25) is 0 Å². The molecule has 2 aliphatic carbocycles. The fourth-order valence-corrected chi connectivity index (χ4v) is 3.87. The highest BCUT2D eigenvalue weighted by atomic mass is 32.2. The maximum absolute atomic E-state index is 11.9. The van der Waals surface area contributed by atoms with Gasteiger partial charge in [0.2, 0.25) is 10.0 Å². The number of rotatable bonds is 11. The fraction of sp³-hybridized carbons (Fsp3) is 1.00. The lowest BCUT2D eigenvalue weighted by atomic mass is 9.99. The summed E-state index contributed by atoms with van der Waals surface area (Å²) in [5, 5.41) is 3.24. The predicted octanol–water partition coefficient (Wildman–Crippen LogP) is 1.73. The van der Waals surface area contributed by atoms with Crippen LogP contribution in [-0.2, 0) is 10.0 Å². The number of sulfonamides is 1. The summed E-state index contributed by atoms with van der Waals surface area (Å²) in [5.74, 6) is 2.49. The molecule has 0 aromatic carbocycles. The molecule has 0 radical (unpaired) electrons. The monoisotopic (exact) mass is 288 g/mol. The summed E-state index contributed by atoms with van der Waals surface area (Å²) in [6, 6.07) is 0. The van der Waals surface area contributed by atoms with Crippen molar-refractivity contribution in [3.63, 3.8) is 0 Å². The van der Waals surface area contributed by atoms with Gasteiger partial charge in [0.1, 0.15) is 0 Å². The van der Waals surface area contributed by atoms with E-state index in [-0.39, 0.29) is 5.75 Å². The van der Waals surface area contributed by atoms with Crippen molar-refractivity contribution in [3.05, 3.63) is 0 Å². The van der Waals surface area contributed by atoms with Gasteiger partial charge in [-0.25, -0.2) is 13.1 Å². The third-order valence-corrected chi connectivity index (χ3v) is 5.62. The van der Waals surface area contributed by atoms with E-state index >= 15 is 0 Å². The first-order chi connectivity index (χ1) is 9.12. The summed E-state index contributed by atoms with van der Waals surface area (Å²) in [4.78, 5) is 0. The van der Waals surface area contributed by atoms with Gasteiger partial charge in [0.25, 0.3) is 0 Å². The molecule has 19 heavy (non-hydrogen) atoms. The second-order valence-electron chi connectivity index (χ2n) is 6.11. The molecule has 0 amide bonds. The minimum absolute atomic E-state index is 0.256. The third-order valence-electron chi connectivity index (χ3n) is 4.19. The van der Waals surface area contributed by atoms with Gasteiger partial charge < -0.3 is 5.32 Å². The molecule has 0 spiro atoms. The average molecular weight is 288 g/mol. The minimum Gasteiger partial charge on any atom is -0.317 e. The second-order valence-corrected chi connectivity index (χ2v) is 8.04. The largest absolute Gasteiger partial charge is 0.317 e. The summed E-state index contributed by atoms with van der Waals surface area (Å²) >= 11 is 0. The third kappa shape index (κ3) is 5.79. The lowest BCUT2D eigenvalue weighted by Gasteiger charge is -2.16. The van der Waals surface area contributed by atoms with E-state index in [9.17, 15) is 8.42 Å². The Kier molecular flexibility index (Phi) is 5.66. The quantitative estimate of drug-likeness (QED) is 0.569. The molecule has 2 fully saturated rings. The Bertz CT molecular complexity index is 350. The highest BCUT2D eigenvalue weighted by Gasteiger charge is 2.41. The van der Waals surface area contributed by atoms with Gasteiger partial charge in [-0.2, -0.15) is 0 Å². The van der Waals surface area contributed by atoms with Crippen molar-refractivity contribution in [2.24, 2.45) is 17.8 Å². The molecule has 0 atom stereocenters. The summed E-state index contributed by atoms with van der Waals surface area (Å²) in [7, 11) is -3.07. The van der Waals surface area contributed by atoms with Crippen molar-refractivity contribution in [1.29, 1.82) is 0 Å². The van der Waals surface area contributed by atoms with Gasteiger partial charge in [-0.1, -0.05) is 6.92 Å². The van der Waals surface area contributed by atoms with Crippen LogP contribution in [0.25, 0.3) is 0 Å². The van der Waals surface area contributed by atoms with Gasteiger partial charge in [0, 0.05) is 6.54 Å². The molecule has 5 heteroatoms. The highest BCUT2D eigenvalue weighted by molar-refractivity contribution is 7.89. The maximum atomic E-state index is 11.9. The molecule has 2 N–H and O–H groups in total. The zero-order chi connectivity index (χ0) is 13.7. The van der Waals surface area contributed by atoms with E-state index in [4.69, 9.17) is 0 Å². The summed E-state index contributed by atoms with van der Waals surface area (Å²) in [6.07, 6.45) is 7.03. The normalized spacial score (nSPS) is 20.1. The first kappa shape index (κ1) is 15.3. The Morgan fingerprint density at radius 3 is 2.26 bits per heavy atom. The first-order valence-corrected chi connectivity index (χ1v) is 9.45. The van der Waals surface area contributed by atoms with E-state index in [1.807, 2.05) is 0 Å². The Morgan fingerprint density at radius 1 is 1.11 bits per heavy atom. The Labute approximate surface area is 117 Å². The van der Waals surface area contributed by atoms with Crippen molar-refractivity contribution >= 4 is 10.0 Å². The van der Waals surface area contributed by atoms with Gasteiger partial charge in [0.15, 0.2) is 0 Å². The predicted molar refractivity (Wildman–Crippen MR) is 78.5 cm³/mol. The van der Waals surface area contributed by atoms with Crippen LogP contribution in [0, 0.1) is 17.8 Å². The average Bonchev–Trinajstić information content (AvgIpc) is 3.22. The van der Waals surface area contributed by atoms with Crippen molar-refractivity contribution in [2.75, 3.05) is 25.4 Å². The SMILES string of the molecule is CCCNCCCS(=O)(=O)NCC(C1CC1)C1CC1. The van der Waals surface area contributed by atoms with E-state index in [0.717, 1.165) is 31.3 Å². The molecular weight excluding hydrogens is 260 g/mol. The van der Waals surface area contributed by atoms with Gasteiger partial charge in [-0.05, 0) is 69.4 Å². The van der Waals surface area contributed by atoms with Crippen molar-refractivity contribution < 1.29 is 8.42 Å². The van der Waals surface area contributed by atoms with Gasteiger partial charge in [-0.15, -0.1) is 0 Å². The van der Waals surface area contributed by atoms with Crippen molar-refractivity contribution in [1.82, 2.24) is 10.0 Å². The minimum atomic E-state index is -3.07. The molecule has 0 aromatic heterocycles. The number of nitrogens with one attached hydrogen (secondary N) is 2. The number of hydrogen-bond donors (Lipinski definition) is 2. The van der Waals surface area contributed by atoms with E-state index < -0.39 is 10.0 Å². The van der Waals surface area contributed by atoms with Gasteiger partial charge in [0.05, 0.1) is 5.75 Å². The zero-order valence-electron chi connectivity index (χ0n) is 12.0. The lowest BCUT2D eigenvalue weighted by Crippen LogP contribution is -2.33. The van der Waals surface area contributed by atoms with Gasteiger partial charge >= 0.3 is 0 Å². The van der Waals surface area contributed by atoms with E-state index in [0.29, 0.717) is 18.9 Å². The van der Waals surface area contributed by atoms with E-state index in [1.165, 1.54) is 25.7 Å². The topological polar surface area (TPSA) is 58.2 Å². The molecule has 112 valence electrons. The standard InChI is InChI=1S/C14H28N2O2S/c1-2-8-15-9-3-10-19(17,18)16-11-14(12-4-5-12)13-6-7-13/h12-16H,2-11H2,1H3. The fourth-order valence-electron chi connectivity index (χ4n) is 2.75. The van der Waals surface area contributed by atoms with Crippen molar-refractivity contribution in [2.45, 2.75) is 45.4 Å². The lowest BCUT2D eigenvalue weighted by molar-refractivity contribution is 0.401. The Hall–Kier alpha value is -0.130. The van der Waals surface area contributed by atoms with Crippen LogP contribution in [0.3, 0.4) is 0 Å². The second kappa shape index (κ2) is 7.04. The van der Waals surface area contributed by atoms with Crippen LogP contribution in [0.4, 0.5) is 0 Å². The smallest absolute Gasteiger partial charge is 0.211 e. The molecular formula is C14H28N2O2S. The van der Waals surface area contributed by atoms with Gasteiger partial charge in [-0.3, -0.25) is 0 Å². The van der Waals surface area contributed by atoms with Crippen LogP contribution in [-0.4, -0.2) is 33.8 Å². The molecule has 2 rings (SSSR count). The first-order valence-electron chi connectivity index (χ1n) is 7.80.